The summed E-state index contributed by atoms with van der Waals surface area (Å²) in [4.78, 5) is 37.9. The van der Waals surface area contributed by atoms with Gasteiger partial charge in [0, 0.05) is 12.1 Å². The van der Waals surface area contributed by atoms with Gasteiger partial charge in [0.05, 0.1) is 33.1 Å². The molecule has 0 aliphatic carbocycles. The molecule has 2 heterocycles. The van der Waals surface area contributed by atoms with Crippen molar-refractivity contribution in [2.75, 3.05) is 0 Å². The second-order valence-electron chi connectivity index (χ2n) is 7.47. The first kappa shape index (κ1) is 22.4. The number of benzene rings is 4. The first-order valence-electron chi connectivity index (χ1n) is 10.6. The Morgan fingerprint density at radius 3 is 1.50 bits per heavy atom. The molecule has 6 rings (SSSR count). The molecule has 0 unspecified atom stereocenters. The van der Waals surface area contributed by atoms with Crippen molar-refractivity contribution in [3.63, 3.8) is 0 Å². The van der Waals surface area contributed by atoms with Gasteiger partial charge >= 0.3 is 0 Å². The lowest BCUT2D eigenvalue weighted by atomic mass is 10.2. The zero-order valence-corrected chi connectivity index (χ0v) is 18.4. The minimum Gasteiger partial charge on any atom is -0.506 e. The molecule has 4 aromatic carbocycles. The van der Waals surface area contributed by atoms with Gasteiger partial charge in [-0.2, -0.15) is 0 Å². The molecule has 0 saturated carbocycles. The first-order valence-corrected chi connectivity index (χ1v) is 10.6. The highest BCUT2D eigenvalue weighted by molar-refractivity contribution is 5.91. The minimum atomic E-state index is 0.0728. The molecule has 176 valence electrons. The van der Waals surface area contributed by atoms with Crippen molar-refractivity contribution in [2.24, 2.45) is 0 Å². The number of para-hydroxylation sites is 2. The number of hydrogen-bond acceptors (Lipinski definition) is 10. The molecule has 10 nitrogen and oxygen atoms in total. The summed E-state index contributed by atoms with van der Waals surface area (Å²) in [5.74, 6) is 0.964. The highest BCUT2D eigenvalue weighted by atomic mass is 16.5. The summed E-state index contributed by atoms with van der Waals surface area (Å²) < 4.78 is 9.50. The van der Waals surface area contributed by atoms with E-state index >= 15 is 0 Å². The molecule has 0 spiro atoms. The van der Waals surface area contributed by atoms with Crippen LogP contribution in [0.5, 0.6) is 23.0 Å². The van der Waals surface area contributed by atoms with Crippen LogP contribution >= 0.6 is 0 Å². The van der Waals surface area contributed by atoms with Crippen LogP contribution in [0.25, 0.3) is 44.1 Å². The van der Waals surface area contributed by atoms with Gasteiger partial charge < -0.3 is 19.7 Å². The summed E-state index contributed by atoms with van der Waals surface area (Å²) in [5, 5.41) is 19.4. The van der Waals surface area contributed by atoms with Gasteiger partial charge in [0.1, 0.15) is 34.0 Å². The predicted molar refractivity (Wildman–Crippen MR) is 131 cm³/mol. The van der Waals surface area contributed by atoms with Gasteiger partial charge in [-0.1, -0.05) is 12.1 Å². The number of ether oxygens (including phenoxy) is 2. The second-order valence-corrected chi connectivity index (χ2v) is 7.47. The third kappa shape index (κ3) is 4.38. The lowest BCUT2D eigenvalue weighted by molar-refractivity contribution is -0.121. The molecule has 2 N–H and O–H groups in total. The Balaban J connectivity index is 0.000000148. The minimum absolute atomic E-state index is 0.0728. The van der Waals surface area contributed by atoms with Crippen LogP contribution in [0, 0.1) is 0 Å². The Bertz CT molecular complexity index is 1770. The van der Waals surface area contributed by atoms with Gasteiger partial charge in [0.2, 0.25) is 0 Å². The average Bonchev–Trinajstić information content (AvgIpc) is 2.88. The molecule has 0 saturated heterocycles. The van der Waals surface area contributed by atoms with Crippen LogP contribution in [0.15, 0.2) is 72.8 Å². The van der Waals surface area contributed by atoms with E-state index < -0.39 is 0 Å². The fourth-order valence-corrected chi connectivity index (χ4v) is 3.58. The van der Waals surface area contributed by atoms with Crippen molar-refractivity contribution in [1.82, 2.24) is 19.9 Å². The van der Waals surface area contributed by atoms with Gasteiger partial charge in [0.25, 0.3) is 12.9 Å². The Labute approximate surface area is 202 Å². The van der Waals surface area contributed by atoms with E-state index in [0.717, 1.165) is 0 Å². The topological polar surface area (TPSA) is 145 Å². The van der Waals surface area contributed by atoms with E-state index in [1.54, 1.807) is 72.8 Å². The maximum atomic E-state index is 10.3. The van der Waals surface area contributed by atoms with Crippen molar-refractivity contribution in [1.29, 1.82) is 0 Å². The van der Waals surface area contributed by atoms with Gasteiger partial charge in [-0.3, -0.25) is 9.59 Å². The Hall–Kier alpha value is -5.38. The van der Waals surface area contributed by atoms with E-state index in [9.17, 15) is 19.8 Å². The molecule has 10 heteroatoms. The second kappa shape index (κ2) is 9.47. The number of phenols is 2. The first-order chi connectivity index (χ1) is 17.6. The number of carbonyl (C=O) groups excluding carboxylic acids is 2. The van der Waals surface area contributed by atoms with Crippen molar-refractivity contribution in [3.05, 3.63) is 72.8 Å². The molecule has 0 amide bonds. The average molecular weight is 480 g/mol. The summed E-state index contributed by atoms with van der Waals surface area (Å²) in [7, 11) is 0. The monoisotopic (exact) mass is 480 g/mol. The van der Waals surface area contributed by atoms with Crippen LogP contribution in [0.3, 0.4) is 0 Å². The number of fused-ring (bicyclic) bond motifs is 4. The maximum absolute atomic E-state index is 10.3. The van der Waals surface area contributed by atoms with Crippen LogP contribution < -0.4 is 9.47 Å². The number of nitrogens with zero attached hydrogens (tertiary/aromatic N) is 4. The highest BCUT2D eigenvalue weighted by Crippen LogP contribution is 2.26. The fraction of sp³-hybridized carbons (Fsp3) is 0. The fourth-order valence-electron chi connectivity index (χ4n) is 3.58. The summed E-state index contributed by atoms with van der Waals surface area (Å²) >= 11 is 0. The molecule has 0 bridgehead atoms. The van der Waals surface area contributed by atoms with Crippen LogP contribution in [-0.2, 0) is 9.59 Å². The normalized spacial score (nSPS) is 10.7. The van der Waals surface area contributed by atoms with E-state index in [1.165, 1.54) is 0 Å². The molecule has 0 fully saturated rings. The van der Waals surface area contributed by atoms with E-state index in [1.807, 2.05) is 0 Å². The Morgan fingerprint density at radius 1 is 0.528 bits per heavy atom. The molecule has 2 aromatic heterocycles. The third-order valence-electron chi connectivity index (χ3n) is 5.20. The predicted octanol–water partition coefficient (Wildman–Crippen LogP) is 4.05. The van der Waals surface area contributed by atoms with Crippen molar-refractivity contribution >= 4 is 57.1 Å². The lowest BCUT2D eigenvalue weighted by Crippen LogP contribution is -1.91. The Kier molecular flexibility index (Phi) is 5.90. The molecule has 0 aliphatic heterocycles. The molecule has 0 atom stereocenters. The van der Waals surface area contributed by atoms with Gasteiger partial charge in [0.15, 0.2) is 0 Å². The van der Waals surface area contributed by atoms with E-state index in [4.69, 9.17) is 9.47 Å². The molecular weight excluding hydrogens is 464 g/mol. The summed E-state index contributed by atoms with van der Waals surface area (Å²) in [6.07, 6.45) is 0. The molecule has 0 radical (unpaired) electrons. The maximum Gasteiger partial charge on any atom is 0.298 e. The van der Waals surface area contributed by atoms with Crippen LogP contribution in [0.4, 0.5) is 0 Å². The standard InChI is InChI=1S/2C13H8N2O3/c16-7-18-8-4-5-9-11(6-8)14-10-2-1-3-12(17)13(10)15-9;16-7-18-8-4-5-9-11(6-8)15-13-10(14-9)2-1-3-12(13)17/h2*1-7,17H. The van der Waals surface area contributed by atoms with Gasteiger partial charge in [-0.05, 0) is 48.5 Å². The van der Waals surface area contributed by atoms with Gasteiger partial charge in [-0.15, -0.1) is 0 Å². The van der Waals surface area contributed by atoms with Crippen molar-refractivity contribution in [2.45, 2.75) is 0 Å². The van der Waals surface area contributed by atoms with Crippen molar-refractivity contribution in [3.8, 4) is 23.0 Å². The summed E-state index contributed by atoms with van der Waals surface area (Å²) in [6, 6.07) is 19.9. The molecular formula is C26H16N4O6. The zero-order chi connectivity index (χ0) is 25.1. The quantitative estimate of drug-likeness (QED) is 0.280. The Morgan fingerprint density at radius 2 is 0.972 bits per heavy atom. The zero-order valence-electron chi connectivity index (χ0n) is 18.4. The highest BCUT2D eigenvalue weighted by Gasteiger charge is 2.07. The van der Waals surface area contributed by atoms with Crippen LogP contribution in [0.2, 0.25) is 0 Å². The number of hydrogen-bond donors (Lipinski definition) is 2. The third-order valence-corrected chi connectivity index (χ3v) is 5.20. The van der Waals surface area contributed by atoms with Crippen LogP contribution in [0.1, 0.15) is 0 Å². The summed E-state index contributed by atoms with van der Waals surface area (Å²) in [5.41, 5.74) is 4.55. The molecule has 36 heavy (non-hydrogen) atoms. The van der Waals surface area contributed by atoms with Crippen molar-refractivity contribution < 1.29 is 29.3 Å². The lowest BCUT2D eigenvalue weighted by Gasteiger charge is -2.03. The van der Waals surface area contributed by atoms with Crippen LogP contribution in [-0.4, -0.2) is 43.1 Å². The van der Waals surface area contributed by atoms with E-state index in [0.29, 0.717) is 68.6 Å². The van der Waals surface area contributed by atoms with Gasteiger partial charge in [-0.25, -0.2) is 19.9 Å². The largest absolute Gasteiger partial charge is 0.506 e. The van der Waals surface area contributed by atoms with E-state index in [2.05, 4.69) is 19.9 Å². The number of rotatable bonds is 4. The number of phenolic OH excluding ortho intramolecular Hbond substituents is 2. The SMILES string of the molecule is O=COc1ccc2nc3c(O)cccc3nc2c1.O=COc1ccc2nc3cccc(O)c3nc2c1. The van der Waals surface area contributed by atoms with E-state index in [-0.39, 0.29) is 11.5 Å². The smallest absolute Gasteiger partial charge is 0.298 e. The number of aromatic hydroxyl groups is 2. The summed E-state index contributed by atoms with van der Waals surface area (Å²) in [6.45, 7) is 0.717. The molecule has 0 aliphatic rings. The number of aromatic nitrogens is 4. The number of carbonyl (C=O) groups is 2. The molecule has 6 aromatic rings.